The van der Waals surface area contributed by atoms with Gasteiger partial charge in [-0.2, -0.15) is 13.2 Å². The molecule has 1 atom stereocenters. The summed E-state index contributed by atoms with van der Waals surface area (Å²) in [4.78, 5) is 11.0. The molecule has 0 bridgehead atoms. The van der Waals surface area contributed by atoms with Gasteiger partial charge >= 0.3 is 6.18 Å². The average molecular weight is 336 g/mol. The zero-order chi connectivity index (χ0) is 14.4. The van der Waals surface area contributed by atoms with E-state index in [1.54, 1.807) is 32.0 Å². The predicted molar refractivity (Wildman–Crippen MR) is 70.4 cm³/mol. The number of amides is 1. The van der Waals surface area contributed by atoms with Crippen molar-refractivity contribution in [3.05, 3.63) is 29.3 Å². The number of hydrogen-bond acceptors (Lipinski definition) is 1. The number of carbonyl (C=O) groups excluding carboxylic acids is 1. The maximum absolute atomic E-state index is 12.4. The highest BCUT2D eigenvalue weighted by molar-refractivity contribution is 9.09. The first-order valence-corrected chi connectivity index (χ1v) is 6.69. The van der Waals surface area contributed by atoms with Gasteiger partial charge in [0.1, 0.15) is 0 Å². The fourth-order valence-corrected chi connectivity index (χ4v) is 2.76. The Morgan fingerprint density at radius 1 is 1.37 bits per heavy atom. The van der Waals surface area contributed by atoms with Crippen LogP contribution in [0.2, 0.25) is 0 Å². The van der Waals surface area contributed by atoms with E-state index in [9.17, 15) is 18.0 Å². The second kappa shape index (κ2) is 4.51. The van der Waals surface area contributed by atoms with Crippen molar-refractivity contribution in [3.8, 4) is 0 Å². The van der Waals surface area contributed by atoms with Crippen LogP contribution in [0.25, 0.3) is 0 Å². The molecule has 0 aromatic heterocycles. The first-order valence-electron chi connectivity index (χ1n) is 5.78. The van der Waals surface area contributed by atoms with E-state index in [0.29, 0.717) is 11.3 Å². The van der Waals surface area contributed by atoms with Crippen molar-refractivity contribution >= 4 is 27.5 Å². The highest BCUT2D eigenvalue weighted by atomic mass is 79.9. The maximum Gasteiger partial charge on any atom is 0.390 e. The van der Waals surface area contributed by atoms with E-state index < -0.39 is 22.8 Å². The lowest BCUT2D eigenvalue weighted by Gasteiger charge is -2.18. The van der Waals surface area contributed by atoms with Crippen LogP contribution >= 0.6 is 15.9 Å². The van der Waals surface area contributed by atoms with Crippen LogP contribution in [0, 0.1) is 0 Å². The molecular weight excluding hydrogens is 323 g/mol. The number of alkyl halides is 4. The largest absolute Gasteiger partial charge is 0.390 e. The summed E-state index contributed by atoms with van der Waals surface area (Å²) in [5.74, 6) is -0.137. The number of rotatable bonds is 2. The zero-order valence-electron chi connectivity index (χ0n) is 10.4. The second-order valence-corrected chi connectivity index (χ2v) is 6.28. The lowest BCUT2D eigenvalue weighted by atomic mass is 9.85. The summed E-state index contributed by atoms with van der Waals surface area (Å²) >= 11 is 3.06. The third kappa shape index (κ3) is 2.78. The highest BCUT2D eigenvalue weighted by Crippen LogP contribution is 2.41. The summed E-state index contributed by atoms with van der Waals surface area (Å²) in [5.41, 5.74) is 1.23. The number of anilines is 1. The second-order valence-electron chi connectivity index (χ2n) is 5.17. The van der Waals surface area contributed by atoms with Gasteiger partial charge < -0.3 is 5.32 Å². The van der Waals surface area contributed by atoms with Crippen LogP contribution < -0.4 is 5.32 Å². The molecule has 0 spiro atoms. The third-order valence-electron chi connectivity index (χ3n) is 3.31. The van der Waals surface area contributed by atoms with Gasteiger partial charge in [-0.15, -0.1) is 0 Å². The van der Waals surface area contributed by atoms with E-state index in [2.05, 4.69) is 21.2 Å². The topological polar surface area (TPSA) is 29.1 Å². The van der Waals surface area contributed by atoms with Crippen LogP contribution in [0.3, 0.4) is 0 Å². The molecule has 0 saturated carbocycles. The lowest BCUT2D eigenvalue weighted by Crippen LogP contribution is -2.26. The van der Waals surface area contributed by atoms with E-state index in [-0.39, 0.29) is 5.91 Å². The van der Waals surface area contributed by atoms with Gasteiger partial charge in [-0.25, -0.2) is 0 Å². The van der Waals surface area contributed by atoms with Crippen LogP contribution in [0.15, 0.2) is 18.2 Å². The Kier molecular flexibility index (Phi) is 3.41. The van der Waals surface area contributed by atoms with Crippen molar-refractivity contribution in [3.63, 3.8) is 0 Å². The Morgan fingerprint density at radius 3 is 2.58 bits per heavy atom. The van der Waals surface area contributed by atoms with Gasteiger partial charge in [-0.1, -0.05) is 28.1 Å². The quantitative estimate of drug-likeness (QED) is 0.802. The van der Waals surface area contributed by atoms with E-state index in [4.69, 9.17) is 0 Å². The van der Waals surface area contributed by atoms with Gasteiger partial charge in [-0.05, 0) is 31.0 Å². The third-order valence-corrected chi connectivity index (χ3v) is 4.16. The predicted octanol–water partition coefficient (Wildman–Crippen LogP) is 4.30. The molecule has 0 saturated heterocycles. The van der Waals surface area contributed by atoms with E-state index in [1.165, 1.54) is 0 Å². The van der Waals surface area contributed by atoms with E-state index >= 15 is 0 Å². The Bertz CT molecular complexity index is 525. The molecule has 1 amide bonds. The molecular formula is C13H13BrF3NO. The number of benzene rings is 1. The minimum Gasteiger partial charge on any atom is -0.325 e. The first-order chi connectivity index (χ1) is 8.61. The van der Waals surface area contributed by atoms with Crippen LogP contribution in [0.1, 0.15) is 36.2 Å². The number of nitrogens with one attached hydrogen (secondary N) is 1. The standard InChI is InChI=1S/C13H13BrF3NO/c1-12(2)8-5-7(9(14)6-13(15,16)17)3-4-10(8)18-11(12)19/h3-5,9H,6H2,1-2H3,(H,18,19). The molecule has 1 N–H and O–H groups in total. The number of carbonyl (C=O) groups is 1. The van der Waals surface area contributed by atoms with Gasteiger partial charge in [0.2, 0.25) is 5.91 Å². The van der Waals surface area contributed by atoms with Gasteiger partial charge in [0.15, 0.2) is 0 Å². The van der Waals surface area contributed by atoms with Crippen molar-refractivity contribution in [2.24, 2.45) is 0 Å². The molecule has 2 nitrogen and oxygen atoms in total. The fourth-order valence-electron chi connectivity index (χ4n) is 2.10. The number of fused-ring (bicyclic) bond motifs is 1. The molecule has 0 fully saturated rings. The molecule has 1 heterocycles. The van der Waals surface area contributed by atoms with Gasteiger partial charge in [-0.3, -0.25) is 4.79 Å². The smallest absolute Gasteiger partial charge is 0.325 e. The summed E-state index contributed by atoms with van der Waals surface area (Å²) in [6.45, 7) is 3.51. The Morgan fingerprint density at radius 2 is 2.00 bits per heavy atom. The number of halogens is 4. The van der Waals surface area contributed by atoms with Crippen LogP contribution in [0.4, 0.5) is 18.9 Å². The fraction of sp³-hybridized carbons (Fsp3) is 0.462. The highest BCUT2D eigenvalue weighted by Gasteiger charge is 2.39. The Hall–Kier alpha value is -1.04. The normalized spacial score (nSPS) is 18.9. The summed E-state index contributed by atoms with van der Waals surface area (Å²) < 4.78 is 37.2. The SMILES string of the molecule is CC1(C)C(=O)Nc2ccc(C(Br)CC(F)(F)F)cc21. The Balaban J connectivity index is 2.33. The molecule has 104 valence electrons. The van der Waals surface area contributed by atoms with Gasteiger partial charge in [0.05, 0.1) is 11.8 Å². The van der Waals surface area contributed by atoms with Crippen molar-refractivity contribution in [2.45, 2.75) is 36.7 Å². The minimum atomic E-state index is -4.23. The monoisotopic (exact) mass is 335 g/mol. The summed E-state index contributed by atoms with van der Waals surface area (Å²) in [6, 6.07) is 4.92. The molecule has 1 aromatic carbocycles. The molecule has 2 rings (SSSR count). The zero-order valence-corrected chi connectivity index (χ0v) is 12.0. The molecule has 0 aliphatic carbocycles. The first kappa shape index (κ1) is 14.4. The van der Waals surface area contributed by atoms with Gasteiger partial charge in [0, 0.05) is 10.5 Å². The van der Waals surface area contributed by atoms with Crippen LogP contribution in [-0.2, 0) is 10.2 Å². The Labute approximate surface area is 117 Å². The summed E-state index contributed by atoms with van der Waals surface area (Å²) in [6.07, 6.45) is -5.16. The molecule has 0 radical (unpaired) electrons. The number of hydrogen-bond donors (Lipinski definition) is 1. The maximum atomic E-state index is 12.4. The molecule has 1 aliphatic heterocycles. The van der Waals surface area contributed by atoms with Crippen molar-refractivity contribution in [1.82, 2.24) is 0 Å². The van der Waals surface area contributed by atoms with Crippen molar-refractivity contribution < 1.29 is 18.0 Å². The van der Waals surface area contributed by atoms with Gasteiger partial charge in [0.25, 0.3) is 0 Å². The summed E-state index contributed by atoms with van der Waals surface area (Å²) in [7, 11) is 0. The average Bonchev–Trinajstić information content (AvgIpc) is 2.47. The summed E-state index contributed by atoms with van der Waals surface area (Å²) in [5, 5.41) is 2.73. The van der Waals surface area contributed by atoms with E-state index in [0.717, 1.165) is 5.56 Å². The van der Waals surface area contributed by atoms with Crippen LogP contribution in [-0.4, -0.2) is 12.1 Å². The molecule has 1 aromatic rings. The van der Waals surface area contributed by atoms with Crippen molar-refractivity contribution in [2.75, 3.05) is 5.32 Å². The lowest BCUT2D eigenvalue weighted by molar-refractivity contribution is -0.134. The van der Waals surface area contributed by atoms with E-state index in [1.807, 2.05) is 0 Å². The molecule has 19 heavy (non-hydrogen) atoms. The molecule has 1 aliphatic rings. The molecule has 1 unspecified atom stereocenters. The van der Waals surface area contributed by atoms with Crippen molar-refractivity contribution in [1.29, 1.82) is 0 Å². The minimum absolute atomic E-state index is 0.137. The van der Waals surface area contributed by atoms with Crippen LogP contribution in [0.5, 0.6) is 0 Å². The molecule has 6 heteroatoms.